The number of likely N-dealkylation sites (tertiary alicyclic amines) is 1. The van der Waals surface area contributed by atoms with Crippen LogP contribution in [0.4, 0.5) is 0 Å². The molecule has 0 aromatic rings. The minimum absolute atomic E-state index is 0.112. The van der Waals surface area contributed by atoms with Crippen LogP contribution in [-0.2, 0) is 0 Å². The predicted molar refractivity (Wildman–Crippen MR) is 49.9 cm³/mol. The fourth-order valence-corrected chi connectivity index (χ4v) is 1.76. The first-order chi connectivity index (χ1) is 5.74. The second-order valence-electron chi connectivity index (χ2n) is 3.72. The van der Waals surface area contributed by atoms with Crippen LogP contribution in [0, 0.1) is 0 Å². The quantitative estimate of drug-likeness (QED) is 0.638. The molecule has 1 aliphatic heterocycles. The van der Waals surface area contributed by atoms with E-state index >= 15 is 0 Å². The Labute approximate surface area is 74.5 Å². The average Bonchev–Trinajstić information content (AvgIpc) is 2.07. The molecule has 1 aliphatic rings. The van der Waals surface area contributed by atoms with Crippen molar-refractivity contribution in [3.8, 4) is 0 Å². The topological polar surface area (TPSA) is 49.5 Å². The molecule has 0 aromatic heterocycles. The SMILES string of the molecule is CC1CCC(O)CN1CCCN. The summed E-state index contributed by atoms with van der Waals surface area (Å²) in [5, 5.41) is 9.42. The molecule has 3 heteroatoms. The molecule has 12 heavy (non-hydrogen) atoms. The Kier molecular flexibility index (Phi) is 3.98. The fourth-order valence-electron chi connectivity index (χ4n) is 1.76. The number of rotatable bonds is 3. The van der Waals surface area contributed by atoms with Crippen molar-refractivity contribution in [3.63, 3.8) is 0 Å². The molecule has 72 valence electrons. The zero-order valence-corrected chi connectivity index (χ0v) is 7.87. The van der Waals surface area contributed by atoms with Gasteiger partial charge < -0.3 is 10.8 Å². The maximum atomic E-state index is 9.42. The van der Waals surface area contributed by atoms with Crippen LogP contribution in [0.2, 0.25) is 0 Å². The van der Waals surface area contributed by atoms with Gasteiger partial charge in [0.25, 0.3) is 0 Å². The van der Waals surface area contributed by atoms with Crippen molar-refractivity contribution >= 4 is 0 Å². The van der Waals surface area contributed by atoms with Crippen LogP contribution in [0.3, 0.4) is 0 Å². The molecule has 3 N–H and O–H groups in total. The van der Waals surface area contributed by atoms with E-state index in [9.17, 15) is 5.11 Å². The number of nitrogens with zero attached hydrogens (tertiary/aromatic N) is 1. The van der Waals surface area contributed by atoms with E-state index in [4.69, 9.17) is 5.73 Å². The molecule has 0 aliphatic carbocycles. The van der Waals surface area contributed by atoms with Crippen LogP contribution in [0.1, 0.15) is 26.2 Å². The van der Waals surface area contributed by atoms with Gasteiger partial charge in [-0.1, -0.05) is 0 Å². The van der Waals surface area contributed by atoms with Gasteiger partial charge in [-0.25, -0.2) is 0 Å². The second kappa shape index (κ2) is 4.80. The lowest BCUT2D eigenvalue weighted by molar-refractivity contribution is 0.0409. The summed E-state index contributed by atoms with van der Waals surface area (Å²) in [5.41, 5.74) is 5.44. The van der Waals surface area contributed by atoms with Crippen LogP contribution in [0.5, 0.6) is 0 Å². The van der Waals surface area contributed by atoms with Crippen LogP contribution in [0.15, 0.2) is 0 Å². The maximum absolute atomic E-state index is 9.42. The van der Waals surface area contributed by atoms with Gasteiger partial charge in [0.05, 0.1) is 6.10 Å². The van der Waals surface area contributed by atoms with E-state index in [0.29, 0.717) is 6.04 Å². The lowest BCUT2D eigenvalue weighted by Crippen LogP contribution is -2.44. The van der Waals surface area contributed by atoms with Crippen molar-refractivity contribution in [1.29, 1.82) is 0 Å². The standard InChI is InChI=1S/C9H20N2O/c1-8-3-4-9(12)7-11(8)6-2-5-10/h8-9,12H,2-7,10H2,1H3. The van der Waals surface area contributed by atoms with Crippen molar-refractivity contribution in [2.75, 3.05) is 19.6 Å². The molecule has 1 heterocycles. The first-order valence-electron chi connectivity index (χ1n) is 4.86. The Morgan fingerprint density at radius 2 is 2.25 bits per heavy atom. The third-order valence-electron chi connectivity index (χ3n) is 2.64. The van der Waals surface area contributed by atoms with E-state index < -0.39 is 0 Å². The molecular weight excluding hydrogens is 152 g/mol. The largest absolute Gasteiger partial charge is 0.392 e. The van der Waals surface area contributed by atoms with Gasteiger partial charge in [-0.15, -0.1) is 0 Å². The van der Waals surface area contributed by atoms with Gasteiger partial charge >= 0.3 is 0 Å². The zero-order valence-electron chi connectivity index (χ0n) is 7.87. The molecular formula is C9H20N2O. The molecule has 0 radical (unpaired) electrons. The Morgan fingerprint density at radius 3 is 2.92 bits per heavy atom. The molecule has 0 saturated carbocycles. The highest BCUT2D eigenvalue weighted by molar-refractivity contribution is 4.78. The average molecular weight is 172 g/mol. The van der Waals surface area contributed by atoms with E-state index in [0.717, 1.165) is 38.9 Å². The lowest BCUT2D eigenvalue weighted by atomic mass is 10.0. The van der Waals surface area contributed by atoms with Crippen molar-refractivity contribution in [3.05, 3.63) is 0 Å². The summed E-state index contributed by atoms with van der Waals surface area (Å²) >= 11 is 0. The minimum atomic E-state index is -0.112. The molecule has 2 atom stereocenters. The number of β-amino-alcohol motifs (C(OH)–C–C–N with tert-alkyl or cyclic N) is 1. The molecule has 0 amide bonds. The predicted octanol–water partition coefficient (Wildman–Crippen LogP) is 0.180. The number of aliphatic hydroxyl groups excluding tert-OH is 1. The highest BCUT2D eigenvalue weighted by atomic mass is 16.3. The third-order valence-corrected chi connectivity index (χ3v) is 2.64. The number of piperidine rings is 1. The molecule has 1 rings (SSSR count). The maximum Gasteiger partial charge on any atom is 0.0667 e. The Morgan fingerprint density at radius 1 is 1.50 bits per heavy atom. The summed E-state index contributed by atoms with van der Waals surface area (Å²) in [6.07, 6.45) is 3.00. The highest BCUT2D eigenvalue weighted by Crippen LogP contribution is 2.16. The Balaban J connectivity index is 2.28. The number of hydrogen-bond acceptors (Lipinski definition) is 3. The smallest absolute Gasteiger partial charge is 0.0667 e. The van der Waals surface area contributed by atoms with Crippen molar-refractivity contribution in [2.24, 2.45) is 5.73 Å². The van der Waals surface area contributed by atoms with Crippen LogP contribution in [-0.4, -0.2) is 41.8 Å². The second-order valence-corrected chi connectivity index (χ2v) is 3.72. The monoisotopic (exact) mass is 172 g/mol. The molecule has 0 aromatic carbocycles. The van der Waals surface area contributed by atoms with Gasteiger partial charge in [-0.3, -0.25) is 4.90 Å². The molecule has 1 saturated heterocycles. The Hall–Kier alpha value is -0.120. The first-order valence-corrected chi connectivity index (χ1v) is 4.86. The van der Waals surface area contributed by atoms with Crippen LogP contribution in [0.25, 0.3) is 0 Å². The molecule has 2 unspecified atom stereocenters. The van der Waals surface area contributed by atoms with E-state index in [1.54, 1.807) is 0 Å². The summed E-state index contributed by atoms with van der Waals surface area (Å²) < 4.78 is 0. The number of aliphatic hydroxyl groups is 1. The van der Waals surface area contributed by atoms with E-state index in [1.807, 2.05) is 0 Å². The summed E-state index contributed by atoms with van der Waals surface area (Å²) in [7, 11) is 0. The lowest BCUT2D eigenvalue weighted by Gasteiger charge is -2.35. The molecule has 1 fully saturated rings. The van der Waals surface area contributed by atoms with Gasteiger partial charge in [0.2, 0.25) is 0 Å². The summed E-state index contributed by atoms with van der Waals surface area (Å²) in [5.74, 6) is 0. The van der Waals surface area contributed by atoms with E-state index in [2.05, 4.69) is 11.8 Å². The normalized spacial score (nSPS) is 32.2. The third kappa shape index (κ3) is 2.73. The van der Waals surface area contributed by atoms with Crippen molar-refractivity contribution < 1.29 is 5.11 Å². The minimum Gasteiger partial charge on any atom is -0.392 e. The summed E-state index contributed by atoms with van der Waals surface area (Å²) in [6, 6.07) is 0.625. The fraction of sp³-hybridized carbons (Fsp3) is 1.00. The first kappa shape index (κ1) is 9.96. The molecule has 0 spiro atoms. The van der Waals surface area contributed by atoms with Gasteiger partial charge in [0, 0.05) is 12.6 Å². The van der Waals surface area contributed by atoms with E-state index in [-0.39, 0.29) is 6.10 Å². The molecule has 0 bridgehead atoms. The Bertz CT molecular complexity index is 130. The summed E-state index contributed by atoms with van der Waals surface area (Å²) in [4.78, 5) is 2.33. The zero-order chi connectivity index (χ0) is 8.97. The van der Waals surface area contributed by atoms with Gasteiger partial charge in [-0.05, 0) is 39.3 Å². The van der Waals surface area contributed by atoms with Crippen molar-refractivity contribution in [1.82, 2.24) is 4.90 Å². The summed E-state index contributed by atoms with van der Waals surface area (Å²) in [6.45, 7) is 4.84. The van der Waals surface area contributed by atoms with Crippen molar-refractivity contribution in [2.45, 2.75) is 38.3 Å². The van der Waals surface area contributed by atoms with Gasteiger partial charge in [-0.2, -0.15) is 0 Å². The van der Waals surface area contributed by atoms with Crippen LogP contribution < -0.4 is 5.73 Å². The van der Waals surface area contributed by atoms with Gasteiger partial charge in [0.1, 0.15) is 0 Å². The number of hydrogen-bond donors (Lipinski definition) is 2. The van der Waals surface area contributed by atoms with Gasteiger partial charge in [0.15, 0.2) is 0 Å². The van der Waals surface area contributed by atoms with Crippen LogP contribution >= 0.6 is 0 Å². The highest BCUT2D eigenvalue weighted by Gasteiger charge is 2.22. The number of nitrogens with two attached hydrogens (primary N) is 1. The molecule has 3 nitrogen and oxygen atoms in total. The van der Waals surface area contributed by atoms with E-state index in [1.165, 1.54) is 0 Å².